The van der Waals surface area contributed by atoms with E-state index in [9.17, 15) is 4.79 Å². The fraction of sp³-hybridized carbons (Fsp3) is 0.583. The number of carbonyl (C=O) groups excluding carboxylic acids is 1. The fourth-order valence-electron chi connectivity index (χ4n) is 3.13. The molecule has 1 aromatic carbocycles. The van der Waals surface area contributed by atoms with Crippen molar-refractivity contribution in [3.05, 3.63) is 35.4 Å². The molecule has 1 amide bonds. The van der Waals surface area contributed by atoms with Crippen LogP contribution in [0.2, 0.25) is 5.02 Å². The standard InChI is InChI=1S/C20H32ClN5O2.C4H8/c1-7-23-18-24-16-11-9-10-15(21)17(16)26(18)14(12-22-6)13-25(8-2)19(27)28-20(3,4)5;1-4(2)3/h9-11,14,22H,7-8,12-13H2,1-6H3,(H,23,24);1H2,2-3H3. The van der Waals surface area contributed by atoms with E-state index in [0.29, 0.717) is 24.7 Å². The van der Waals surface area contributed by atoms with Crippen LogP contribution in [0.3, 0.4) is 0 Å². The molecule has 0 aliphatic heterocycles. The molecule has 1 unspecified atom stereocenters. The lowest BCUT2D eigenvalue weighted by Gasteiger charge is -2.31. The Morgan fingerprint density at radius 2 is 1.94 bits per heavy atom. The molecule has 0 radical (unpaired) electrons. The topological polar surface area (TPSA) is 71.4 Å². The van der Waals surface area contributed by atoms with Crippen LogP contribution < -0.4 is 10.6 Å². The lowest BCUT2D eigenvalue weighted by atomic mass is 10.2. The summed E-state index contributed by atoms with van der Waals surface area (Å²) < 4.78 is 7.66. The number of rotatable bonds is 8. The highest BCUT2D eigenvalue weighted by Gasteiger charge is 2.27. The number of likely N-dealkylation sites (N-methyl/N-ethyl adjacent to an activating group) is 2. The summed E-state index contributed by atoms with van der Waals surface area (Å²) >= 11 is 6.53. The van der Waals surface area contributed by atoms with E-state index < -0.39 is 5.60 Å². The SMILES string of the molecule is C=C(C)C.CCNc1nc2cccc(Cl)c2n1C(CNC)CN(CC)C(=O)OC(C)(C)C. The third-order valence-electron chi connectivity index (χ3n) is 4.27. The maximum atomic E-state index is 12.7. The van der Waals surface area contributed by atoms with Gasteiger partial charge < -0.3 is 24.8 Å². The molecule has 2 aromatic rings. The number of hydrogen-bond acceptors (Lipinski definition) is 5. The molecule has 0 bridgehead atoms. The molecule has 1 atom stereocenters. The Balaban J connectivity index is 0.00000118. The average Bonchev–Trinajstić information content (AvgIpc) is 3.03. The third kappa shape index (κ3) is 8.36. The quantitative estimate of drug-likeness (QED) is 0.487. The van der Waals surface area contributed by atoms with E-state index in [1.807, 2.05) is 73.7 Å². The number of aromatic nitrogens is 2. The van der Waals surface area contributed by atoms with Crippen molar-refractivity contribution in [3.8, 4) is 0 Å². The molecule has 8 heteroatoms. The van der Waals surface area contributed by atoms with Gasteiger partial charge in [0, 0.05) is 26.2 Å². The maximum Gasteiger partial charge on any atom is 0.410 e. The number of fused-ring (bicyclic) bond motifs is 1. The maximum absolute atomic E-state index is 12.7. The summed E-state index contributed by atoms with van der Waals surface area (Å²) in [6.45, 7) is 19.5. The zero-order valence-electron chi connectivity index (χ0n) is 20.9. The number of imidazole rings is 1. The molecule has 0 aliphatic carbocycles. The van der Waals surface area contributed by atoms with Crippen LogP contribution in [-0.2, 0) is 4.74 Å². The monoisotopic (exact) mass is 465 g/mol. The first-order valence-corrected chi connectivity index (χ1v) is 11.5. The van der Waals surface area contributed by atoms with Gasteiger partial charge in [-0.3, -0.25) is 0 Å². The number of carbonyl (C=O) groups is 1. The number of benzene rings is 1. The third-order valence-corrected chi connectivity index (χ3v) is 4.57. The van der Waals surface area contributed by atoms with Gasteiger partial charge in [-0.1, -0.05) is 23.2 Å². The number of para-hydroxylation sites is 1. The molecule has 2 N–H and O–H groups in total. The predicted molar refractivity (Wildman–Crippen MR) is 136 cm³/mol. The number of nitrogens with zero attached hydrogens (tertiary/aromatic N) is 3. The van der Waals surface area contributed by atoms with Crippen LogP contribution in [-0.4, -0.2) is 59.4 Å². The van der Waals surface area contributed by atoms with Crippen molar-refractivity contribution in [2.24, 2.45) is 0 Å². The predicted octanol–water partition coefficient (Wildman–Crippen LogP) is 5.72. The van der Waals surface area contributed by atoms with Crippen LogP contribution >= 0.6 is 11.6 Å². The van der Waals surface area contributed by atoms with Crippen LogP contribution in [0.5, 0.6) is 0 Å². The van der Waals surface area contributed by atoms with E-state index in [2.05, 4.69) is 21.8 Å². The Hall–Kier alpha value is -2.25. The largest absolute Gasteiger partial charge is 0.444 e. The summed E-state index contributed by atoms with van der Waals surface area (Å²) in [6.07, 6.45) is -0.323. The van der Waals surface area contributed by atoms with Crippen LogP contribution in [0.15, 0.2) is 30.4 Å². The van der Waals surface area contributed by atoms with E-state index >= 15 is 0 Å². The van der Waals surface area contributed by atoms with Gasteiger partial charge in [0.1, 0.15) is 5.60 Å². The Morgan fingerprint density at radius 1 is 1.31 bits per heavy atom. The van der Waals surface area contributed by atoms with Gasteiger partial charge in [-0.15, -0.1) is 6.58 Å². The Bertz CT molecular complexity index is 884. The van der Waals surface area contributed by atoms with Crippen LogP contribution in [0.1, 0.15) is 54.5 Å². The Labute approximate surface area is 198 Å². The summed E-state index contributed by atoms with van der Waals surface area (Å²) in [5.74, 6) is 0.742. The zero-order chi connectivity index (χ0) is 24.5. The van der Waals surface area contributed by atoms with E-state index in [-0.39, 0.29) is 12.1 Å². The fourth-order valence-corrected chi connectivity index (χ4v) is 3.39. The molecule has 1 heterocycles. The zero-order valence-corrected chi connectivity index (χ0v) is 21.6. The van der Waals surface area contributed by atoms with E-state index in [1.54, 1.807) is 4.90 Å². The van der Waals surface area contributed by atoms with Crippen molar-refractivity contribution in [3.63, 3.8) is 0 Å². The smallest absolute Gasteiger partial charge is 0.410 e. The minimum Gasteiger partial charge on any atom is -0.444 e. The minimum atomic E-state index is -0.539. The average molecular weight is 466 g/mol. The lowest BCUT2D eigenvalue weighted by molar-refractivity contribution is 0.0236. The van der Waals surface area contributed by atoms with Crippen LogP contribution in [0, 0.1) is 0 Å². The first-order valence-electron chi connectivity index (χ1n) is 11.1. The van der Waals surface area contributed by atoms with Crippen molar-refractivity contribution >= 4 is 34.7 Å². The number of halogens is 1. The summed E-state index contributed by atoms with van der Waals surface area (Å²) in [6, 6.07) is 5.63. The molecule has 0 fully saturated rings. The van der Waals surface area contributed by atoms with Crippen LogP contribution in [0.25, 0.3) is 11.0 Å². The van der Waals surface area contributed by atoms with Gasteiger partial charge in [0.15, 0.2) is 0 Å². The van der Waals surface area contributed by atoms with Crippen LogP contribution in [0.4, 0.5) is 10.7 Å². The number of hydrogen-bond donors (Lipinski definition) is 2. The molecule has 0 aliphatic rings. The van der Waals surface area contributed by atoms with Gasteiger partial charge in [0.05, 0.1) is 22.1 Å². The van der Waals surface area contributed by atoms with Gasteiger partial charge in [-0.25, -0.2) is 9.78 Å². The lowest BCUT2D eigenvalue weighted by Crippen LogP contribution is -2.42. The summed E-state index contributed by atoms with van der Waals surface area (Å²) in [7, 11) is 1.89. The highest BCUT2D eigenvalue weighted by atomic mass is 35.5. The number of anilines is 1. The van der Waals surface area contributed by atoms with E-state index in [4.69, 9.17) is 21.3 Å². The number of ether oxygens (including phenoxy) is 1. The first kappa shape index (κ1) is 27.8. The molecule has 0 saturated heterocycles. The van der Waals surface area contributed by atoms with Crippen molar-refractivity contribution in [1.82, 2.24) is 19.8 Å². The highest BCUT2D eigenvalue weighted by Crippen LogP contribution is 2.30. The highest BCUT2D eigenvalue weighted by molar-refractivity contribution is 6.35. The van der Waals surface area contributed by atoms with Crippen molar-refractivity contribution < 1.29 is 9.53 Å². The van der Waals surface area contributed by atoms with Gasteiger partial charge >= 0.3 is 6.09 Å². The first-order chi connectivity index (χ1) is 14.9. The second-order valence-corrected chi connectivity index (χ2v) is 9.29. The van der Waals surface area contributed by atoms with Crippen molar-refractivity contribution in [2.75, 3.05) is 38.5 Å². The van der Waals surface area contributed by atoms with Crippen molar-refractivity contribution in [2.45, 2.75) is 60.1 Å². The van der Waals surface area contributed by atoms with Gasteiger partial charge in [0.25, 0.3) is 0 Å². The molecule has 0 spiro atoms. The summed E-state index contributed by atoms with van der Waals surface area (Å²) in [5, 5.41) is 7.18. The second kappa shape index (κ2) is 12.7. The van der Waals surface area contributed by atoms with E-state index in [1.165, 1.54) is 5.57 Å². The van der Waals surface area contributed by atoms with Gasteiger partial charge in [0.2, 0.25) is 5.95 Å². The normalized spacial score (nSPS) is 12.0. The molecule has 180 valence electrons. The molecule has 1 aromatic heterocycles. The Kier molecular flexibility index (Phi) is 11.0. The summed E-state index contributed by atoms with van der Waals surface area (Å²) in [4.78, 5) is 19.1. The van der Waals surface area contributed by atoms with Gasteiger partial charge in [-0.05, 0) is 67.6 Å². The molecule has 2 rings (SSSR count). The molecular weight excluding hydrogens is 426 g/mol. The number of nitrogens with one attached hydrogen (secondary N) is 2. The minimum absolute atomic E-state index is 0.0728. The molecule has 7 nitrogen and oxygen atoms in total. The number of amides is 1. The molecular formula is C24H40ClN5O2. The second-order valence-electron chi connectivity index (χ2n) is 8.88. The molecule has 0 saturated carbocycles. The Morgan fingerprint density at radius 3 is 2.44 bits per heavy atom. The number of allylic oxidation sites excluding steroid dienone is 1. The van der Waals surface area contributed by atoms with Crippen molar-refractivity contribution in [1.29, 1.82) is 0 Å². The van der Waals surface area contributed by atoms with E-state index in [0.717, 1.165) is 23.5 Å². The van der Waals surface area contributed by atoms with Gasteiger partial charge in [-0.2, -0.15) is 0 Å². The molecule has 32 heavy (non-hydrogen) atoms. The summed E-state index contributed by atoms with van der Waals surface area (Å²) in [5.41, 5.74) is 2.31.